The monoisotopic (exact) mass is 403 g/mol. The Labute approximate surface area is 176 Å². The normalized spacial score (nSPS) is 10.7. The Morgan fingerprint density at radius 1 is 1.00 bits per heavy atom. The van der Waals surface area contributed by atoms with Gasteiger partial charge in [-0.15, -0.1) is 0 Å². The predicted octanol–water partition coefficient (Wildman–Crippen LogP) is 4.31. The number of hydrogen-bond donors (Lipinski definition) is 1. The third kappa shape index (κ3) is 6.17. The van der Waals surface area contributed by atoms with Gasteiger partial charge in [0, 0.05) is 29.9 Å². The molecule has 0 atom stereocenters. The lowest BCUT2D eigenvalue weighted by atomic mass is 10.1. The van der Waals surface area contributed by atoms with E-state index in [9.17, 15) is 4.79 Å². The van der Waals surface area contributed by atoms with Crippen molar-refractivity contribution in [3.63, 3.8) is 0 Å². The highest BCUT2D eigenvalue weighted by atomic mass is 16.5. The van der Waals surface area contributed by atoms with E-state index < -0.39 is 0 Å². The number of nitrogens with one attached hydrogen (secondary N) is 1. The molecule has 0 unspecified atom stereocenters. The van der Waals surface area contributed by atoms with Crippen LogP contribution in [0.15, 0.2) is 72.1 Å². The molecule has 6 heteroatoms. The number of rotatable bonds is 9. The number of aryl methyl sites for hydroxylation is 2. The number of carbonyl (C=O) groups is 1. The summed E-state index contributed by atoms with van der Waals surface area (Å²) >= 11 is 0. The Hall–Kier alpha value is -3.67. The van der Waals surface area contributed by atoms with Crippen molar-refractivity contribution >= 4 is 12.1 Å². The molecule has 2 aromatic carbocycles. The summed E-state index contributed by atoms with van der Waals surface area (Å²) in [5.74, 6) is 1.31. The first-order chi connectivity index (χ1) is 14.6. The average molecular weight is 403 g/mol. The van der Waals surface area contributed by atoms with Crippen molar-refractivity contribution in [1.29, 1.82) is 0 Å². The zero-order valence-corrected chi connectivity index (χ0v) is 17.2. The second-order valence-corrected chi connectivity index (χ2v) is 6.79. The fourth-order valence-electron chi connectivity index (χ4n) is 2.73. The van der Waals surface area contributed by atoms with Gasteiger partial charge in [-0.1, -0.05) is 24.3 Å². The third-order valence-corrected chi connectivity index (χ3v) is 4.38. The van der Waals surface area contributed by atoms with Crippen LogP contribution in [0.3, 0.4) is 0 Å². The van der Waals surface area contributed by atoms with E-state index in [4.69, 9.17) is 9.47 Å². The molecule has 0 saturated heterocycles. The summed E-state index contributed by atoms with van der Waals surface area (Å²) in [5.41, 5.74) is 6.08. The van der Waals surface area contributed by atoms with Crippen LogP contribution in [0.1, 0.15) is 33.5 Å². The molecule has 1 aromatic heterocycles. The van der Waals surface area contributed by atoms with Crippen LogP contribution in [0.2, 0.25) is 0 Å². The van der Waals surface area contributed by atoms with Crippen molar-refractivity contribution in [1.82, 2.24) is 10.4 Å². The maximum atomic E-state index is 12.0. The predicted molar refractivity (Wildman–Crippen MR) is 117 cm³/mol. The van der Waals surface area contributed by atoms with E-state index in [1.54, 1.807) is 30.7 Å². The van der Waals surface area contributed by atoms with Gasteiger partial charge in [-0.3, -0.25) is 9.78 Å². The minimum Gasteiger partial charge on any atom is -0.493 e. The first kappa shape index (κ1) is 21.0. The maximum Gasteiger partial charge on any atom is 0.271 e. The fraction of sp³-hybridized carbons (Fsp3) is 0.208. The standard InChI is InChI=1S/C24H25N3O3/c1-18-8-9-19(2)23(16-18)30-15-5-14-29-22-7-4-3-6-21(22)17-26-27-24(28)20-10-12-25-13-11-20/h3-4,6-13,16-17H,5,14-15H2,1-2H3,(H,27,28)/b26-17-. The molecule has 0 radical (unpaired) electrons. The lowest BCUT2D eigenvalue weighted by Crippen LogP contribution is -2.17. The van der Waals surface area contributed by atoms with Crippen molar-refractivity contribution in [3.05, 3.63) is 89.2 Å². The van der Waals surface area contributed by atoms with Gasteiger partial charge in [0.05, 0.1) is 19.4 Å². The van der Waals surface area contributed by atoms with Crippen LogP contribution in [-0.2, 0) is 0 Å². The Morgan fingerprint density at radius 2 is 1.73 bits per heavy atom. The second-order valence-electron chi connectivity index (χ2n) is 6.79. The first-order valence-corrected chi connectivity index (χ1v) is 9.79. The summed E-state index contributed by atoms with van der Waals surface area (Å²) in [6, 6.07) is 17.0. The lowest BCUT2D eigenvalue weighted by Gasteiger charge is -2.11. The van der Waals surface area contributed by atoms with Gasteiger partial charge in [-0.2, -0.15) is 5.10 Å². The molecule has 0 aliphatic carbocycles. The van der Waals surface area contributed by atoms with Crippen LogP contribution in [-0.4, -0.2) is 30.3 Å². The Bertz CT molecular complexity index is 1000. The molecule has 0 aliphatic rings. The molecule has 0 fully saturated rings. The largest absolute Gasteiger partial charge is 0.493 e. The van der Waals surface area contributed by atoms with Crippen molar-refractivity contribution in [2.45, 2.75) is 20.3 Å². The summed E-state index contributed by atoms with van der Waals surface area (Å²) in [6.07, 6.45) is 5.44. The average Bonchev–Trinajstić information content (AvgIpc) is 2.77. The van der Waals surface area contributed by atoms with Gasteiger partial charge in [0.15, 0.2) is 0 Å². The molecule has 0 spiro atoms. The molecular formula is C24H25N3O3. The summed E-state index contributed by atoms with van der Waals surface area (Å²) in [4.78, 5) is 15.9. The number of aromatic nitrogens is 1. The number of amides is 1. The molecule has 30 heavy (non-hydrogen) atoms. The highest BCUT2D eigenvalue weighted by molar-refractivity contribution is 5.94. The zero-order chi connectivity index (χ0) is 21.2. The van der Waals surface area contributed by atoms with Crippen LogP contribution >= 0.6 is 0 Å². The zero-order valence-electron chi connectivity index (χ0n) is 17.2. The Kier molecular flexibility index (Phi) is 7.55. The molecule has 154 valence electrons. The highest BCUT2D eigenvalue weighted by Gasteiger charge is 2.04. The molecule has 3 aromatic rings. The van der Waals surface area contributed by atoms with Gasteiger partial charge in [-0.05, 0) is 55.3 Å². The van der Waals surface area contributed by atoms with E-state index in [0.717, 1.165) is 23.3 Å². The van der Waals surface area contributed by atoms with Gasteiger partial charge in [-0.25, -0.2) is 5.43 Å². The highest BCUT2D eigenvalue weighted by Crippen LogP contribution is 2.19. The summed E-state index contributed by atoms with van der Waals surface area (Å²) < 4.78 is 11.7. The van der Waals surface area contributed by atoms with E-state index in [0.29, 0.717) is 24.5 Å². The smallest absolute Gasteiger partial charge is 0.271 e. The minimum atomic E-state index is -0.296. The number of pyridine rings is 1. The molecular weight excluding hydrogens is 378 g/mol. The SMILES string of the molecule is Cc1ccc(C)c(OCCCOc2ccccc2/C=N\NC(=O)c2ccncc2)c1. The van der Waals surface area contributed by atoms with Crippen LogP contribution in [0.4, 0.5) is 0 Å². The molecule has 1 heterocycles. The number of ether oxygens (including phenoxy) is 2. The van der Waals surface area contributed by atoms with Gasteiger partial charge >= 0.3 is 0 Å². The third-order valence-electron chi connectivity index (χ3n) is 4.38. The molecule has 3 rings (SSSR count). The minimum absolute atomic E-state index is 0.296. The molecule has 0 aliphatic heterocycles. The van der Waals surface area contributed by atoms with Crippen molar-refractivity contribution in [2.24, 2.45) is 5.10 Å². The number of benzene rings is 2. The van der Waals surface area contributed by atoms with Crippen LogP contribution in [0.25, 0.3) is 0 Å². The topological polar surface area (TPSA) is 72.8 Å². The van der Waals surface area contributed by atoms with E-state index in [2.05, 4.69) is 27.6 Å². The van der Waals surface area contributed by atoms with Crippen molar-refractivity contribution < 1.29 is 14.3 Å². The quantitative estimate of drug-likeness (QED) is 0.328. The van der Waals surface area contributed by atoms with Gasteiger partial charge in [0.25, 0.3) is 5.91 Å². The van der Waals surface area contributed by atoms with Gasteiger partial charge in [0.2, 0.25) is 0 Å². The van der Waals surface area contributed by atoms with Gasteiger partial charge in [0.1, 0.15) is 11.5 Å². The Balaban J connectivity index is 1.48. The molecule has 1 amide bonds. The van der Waals surface area contributed by atoms with Crippen molar-refractivity contribution in [2.75, 3.05) is 13.2 Å². The van der Waals surface area contributed by atoms with Crippen LogP contribution in [0, 0.1) is 13.8 Å². The van der Waals surface area contributed by atoms with E-state index >= 15 is 0 Å². The summed E-state index contributed by atoms with van der Waals surface area (Å²) in [5, 5.41) is 4.03. The first-order valence-electron chi connectivity index (χ1n) is 9.79. The Morgan fingerprint density at radius 3 is 2.53 bits per heavy atom. The van der Waals surface area contributed by atoms with E-state index in [1.165, 1.54) is 5.56 Å². The molecule has 1 N–H and O–H groups in total. The van der Waals surface area contributed by atoms with Crippen molar-refractivity contribution in [3.8, 4) is 11.5 Å². The molecule has 0 saturated carbocycles. The number of para-hydroxylation sites is 1. The number of carbonyl (C=O) groups excluding carboxylic acids is 1. The van der Waals surface area contributed by atoms with E-state index in [1.807, 2.05) is 44.2 Å². The second kappa shape index (κ2) is 10.8. The van der Waals surface area contributed by atoms with Crippen LogP contribution < -0.4 is 14.9 Å². The van der Waals surface area contributed by atoms with Gasteiger partial charge < -0.3 is 9.47 Å². The number of hydrogen-bond acceptors (Lipinski definition) is 5. The maximum absolute atomic E-state index is 12.0. The fourth-order valence-corrected chi connectivity index (χ4v) is 2.73. The van der Waals surface area contributed by atoms with Crippen LogP contribution in [0.5, 0.6) is 11.5 Å². The summed E-state index contributed by atoms with van der Waals surface area (Å²) in [7, 11) is 0. The number of hydrazone groups is 1. The molecule has 6 nitrogen and oxygen atoms in total. The lowest BCUT2D eigenvalue weighted by molar-refractivity contribution is 0.0955. The summed E-state index contributed by atoms with van der Waals surface area (Å²) in [6.45, 7) is 5.17. The number of nitrogens with zero attached hydrogens (tertiary/aromatic N) is 2. The molecule has 0 bridgehead atoms. The van der Waals surface area contributed by atoms with E-state index in [-0.39, 0.29) is 5.91 Å².